The molecule has 2 aromatic rings. The fraction of sp³-hybridized carbons (Fsp3) is 0.133. The van der Waals surface area contributed by atoms with Crippen LogP contribution in [0, 0.1) is 24.0 Å². The average molecular weight is 270 g/mol. The molecule has 1 amide bonds. The minimum Gasteiger partial charge on any atom is -0.322 e. The van der Waals surface area contributed by atoms with E-state index in [1.807, 2.05) is 19.1 Å². The molecule has 0 atom stereocenters. The molecule has 0 aromatic heterocycles. The van der Waals surface area contributed by atoms with Crippen molar-refractivity contribution in [3.8, 4) is 0 Å². The summed E-state index contributed by atoms with van der Waals surface area (Å²) in [6.45, 7) is 3.59. The molecule has 0 aliphatic carbocycles. The molecule has 5 heteroatoms. The van der Waals surface area contributed by atoms with Crippen LogP contribution in [0.15, 0.2) is 42.5 Å². The molecule has 0 saturated carbocycles. The lowest BCUT2D eigenvalue weighted by Gasteiger charge is -2.06. The van der Waals surface area contributed by atoms with E-state index in [1.165, 1.54) is 6.07 Å². The van der Waals surface area contributed by atoms with E-state index in [9.17, 15) is 14.9 Å². The molecule has 1 N–H and O–H groups in total. The maximum atomic E-state index is 12.0. The van der Waals surface area contributed by atoms with Crippen molar-refractivity contribution in [1.82, 2.24) is 0 Å². The first-order valence-electron chi connectivity index (χ1n) is 6.10. The lowest BCUT2D eigenvalue weighted by Crippen LogP contribution is -2.12. The van der Waals surface area contributed by atoms with Crippen LogP contribution in [0.2, 0.25) is 0 Å². The van der Waals surface area contributed by atoms with Gasteiger partial charge in [-0.15, -0.1) is 0 Å². The second kappa shape index (κ2) is 5.52. The smallest absolute Gasteiger partial charge is 0.274 e. The molecule has 0 radical (unpaired) electrons. The van der Waals surface area contributed by atoms with Gasteiger partial charge in [-0.25, -0.2) is 0 Å². The number of nitro benzene ring substituents is 1. The van der Waals surface area contributed by atoms with Gasteiger partial charge in [0.1, 0.15) is 0 Å². The first kappa shape index (κ1) is 13.7. The Labute approximate surface area is 116 Å². The molecule has 0 saturated heterocycles. The van der Waals surface area contributed by atoms with Crippen LogP contribution in [0.4, 0.5) is 11.4 Å². The van der Waals surface area contributed by atoms with E-state index in [1.54, 1.807) is 31.2 Å². The van der Waals surface area contributed by atoms with Crippen LogP contribution in [-0.4, -0.2) is 10.8 Å². The van der Waals surface area contributed by atoms with Crippen LogP contribution < -0.4 is 5.32 Å². The van der Waals surface area contributed by atoms with Crippen LogP contribution >= 0.6 is 0 Å². The number of nitrogens with one attached hydrogen (secondary N) is 1. The van der Waals surface area contributed by atoms with E-state index >= 15 is 0 Å². The van der Waals surface area contributed by atoms with Crippen LogP contribution in [0.25, 0.3) is 0 Å². The summed E-state index contributed by atoms with van der Waals surface area (Å²) in [5.74, 6) is -0.289. The number of carbonyl (C=O) groups is 1. The summed E-state index contributed by atoms with van der Waals surface area (Å²) in [7, 11) is 0. The highest BCUT2D eigenvalue weighted by molar-refractivity contribution is 6.04. The molecule has 2 rings (SSSR count). The number of aryl methyl sites for hydroxylation is 2. The Morgan fingerprint density at radius 1 is 1.10 bits per heavy atom. The Hall–Kier alpha value is -2.69. The summed E-state index contributed by atoms with van der Waals surface area (Å²) < 4.78 is 0. The van der Waals surface area contributed by atoms with Crippen molar-refractivity contribution in [3.63, 3.8) is 0 Å². The quantitative estimate of drug-likeness (QED) is 0.685. The zero-order valence-corrected chi connectivity index (χ0v) is 11.2. The average Bonchev–Trinajstić information content (AvgIpc) is 2.41. The predicted molar refractivity (Wildman–Crippen MR) is 77.0 cm³/mol. The van der Waals surface area contributed by atoms with E-state index in [0.29, 0.717) is 16.8 Å². The molecule has 0 fully saturated rings. The second-order valence-electron chi connectivity index (χ2n) is 4.58. The van der Waals surface area contributed by atoms with Crippen molar-refractivity contribution in [2.24, 2.45) is 0 Å². The number of amides is 1. The monoisotopic (exact) mass is 270 g/mol. The molecule has 20 heavy (non-hydrogen) atoms. The number of hydrogen-bond donors (Lipinski definition) is 1. The number of nitrogens with zero attached hydrogens (tertiary/aromatic N) is 1. The van der Waals surface area contributed by atoms with Crippen molar-refractivity contribution < 1.29 is 9.72 Å². The van der Waals surface area contributed by atoms with E-state index in [-0.39, 0.29) is 11.6 Å². The largest absolute Gasteiger partial charge is 0.322 e. The van der Waals surface area contributed by atoms with Gasteiger partial charge in [0.25, 0.3) is 11.6 Å². The second-order valence-corrected chi connectivity index (χ2v) is 4.58. The highest BCUT2D eigenvalue weighted by Gasteiger charge is 2.13. The summed E-state index contributed by atoms with van der Waals surface area (Å²) in [5, 5.41) is 13.5. The molecular weight excluding hydrogens is 256 g/mol. The third-order valence-electron chi connectivity index (χ3n) is 2.98. The predicted octanol–water partition coefficient (Wildman–Crippen LogP) is 3.46. The number of nitro groups is 1. The highest BCUT2D eigenvalue weighted by Crippen LogP contribution is 2.22. The van der Waals surface area contributed by atoms with E-state index in [2.05, 4.69) is 5.32 Å². The van der Waals surface area contributed by atoms with Crippen LogP contribution in [0.1, 0.15) is 21.5 Å². The molecule has 2 aromatic carbocycles. The first-order chi connectivity index (χ1) is 9.47. The normalized spacial score (nSPS) is 10.1. The van der Waals surface area contributed by atoms with Crippen LogP contribution in [0.3, 0.4) is 0 Å². The van der Waals surface area contributed by atoms with Gasteiger partial charge >= 0.3 is 0 Å². The molecule has 0 bridgehead atoms. The maximum absolute atomic E-state index is 12.0. The molecule has 0 heterocycles. The summed E-state index contributed by atoms with van der Waals surface area (Å²) in [4.78, 5) is 22.4. The third kappa shape index (κ3) is 3.00. The molecule has 102 valence electrons. The van der Waals surface area contributed by atoms with E-state index < -0.39 is 4.92 Å². The van der Waals surface area contributed by atoms with Gasteiger partial charge in [-0.3, -0.25) is 14.9 Å². The van der Waals surface area contributed by atoms with Gasteiger partial charge < -0.3 is 5.32 Å². The van der Waals surface area contributed by atoms with Crippen molar-refractivity contribution in [3.05, 3.63) is 69.3 Å². The summed E-state index contributed by atoms with van der Waals surface area (Å²) >= 11 is 0. The number of benzene rings is 2. The lowest BCUT2D eigenvalue weighted by molar-refractivity contribution is -0.385. The van der Waals surface area contributed by atoms with Crippen molar-refractivity contribution in [2.45, 2.75) is 13.8 Å². The maximum Gasteiger partial charge on any atom is 0.274 e. The summed E-state index contributed by atoms with van der Waals surface area (Å²) in [5.41, 5.74) is 2.54. The molecule has 0 aliphatic rings. The third-order valence-corrected chi connectivity index (χ3v) is 2.98. The Morgan fingerprint density at radius 3 is 2.35 bits per heavy atom. The van der Waals surface area contributed by atoms with Gasteiger partial charge in [-0.2, -0.15) is 0 Å². The highest BCUT2D eigenvalue weighted by atomic mass is 16.6. The molecule has 0 aliphatic heterocycles. The molecule has 5 nitrogen and oxygen atoms in total. The Bertz CT molecular complexity index is 663. The van der Waals surface area contributed by atoms with E-state index in [0.717, 1.165) is 5.56 Å². The summed E-state index contributed by atoms with van der Waals surface area (Å²) in [6, 6.07) is 11.7. The minimum absolute atomic E-state index is 0.00768. The molecule has 0 unspecified atom stereocenters. The van der Waals surface area contributed by atoms with Gasteiger partial charge in [-0.1, -0.05) is 23.8 Å². The number of anilines is 1. The van der Waals surface area contributed by atoms with E-state index in [4.69, 9.17) is 0 Å². The van der Waals surface area contributed by atoms with Crippen molar-refractivity contribution in [1.29, 1.82) is 0 Å². The fourth-order valence-electron chi connectivity index (χ4n) is 1.79. The topological polar surface area (TPSA) is 72.2 Å². The van der Waals surface area contributed by atoms with Gasteiger partial charge in [-0.05, 0) is 32.0 Å². The Kier molecular flexibility index (Phi) is 3.79. The van der Waals surface area contributed by atoms with Crippen LogP contribution in [0.5, 0.6) is 0 Å². The van der Waals surface area contributed by atoms with Crippen molar-refractivity contribution >= 4 is 17.3 Å². The number of carbonyl (C=O) groups excluding carboxylic acids is 1. The fourth-order valence-corrected chi connectivity index (χ4v) is 1.79. The zero-order chi connectivity index (χ0) is 14.7. The van der Waals surface area contributed by atoms with Crippen LogP contribution in [-0.2, 0) is 0 Å². The minimum atomic E-state index is -0.461. The lowest BCUT2D eigenvalue weighted by atomic mass is 10.1. The SMILES string of the molecule is Cc1ccc(C(=O)Nc2ccc(C)c([N+](=O)[O-])c2)cc1. The Morgan fingerprint density at radius 2 is 1.75 bits per heavy atom. The molecule has 0 spiro atoms. The number of rotatable bonds is 3. The van der Waals surface area contributed by atoms with Gasteiger partial charge in [0.2, 0.25) is 0 Å². The summed E-state index contributed by atoms with van der Waals surface area (Å²) in [6.07, 6.45) is 0. The van der Waals surface area contributed by atoms with Crippen molar-refractivity contribution in [2.75, 3.05) is 5.32 Å². The Balaban J connectivity index is 2.21. The molecular formula is C15H14N2O3. The zero-order valence-electron chi connectivity index (χ0n) is 11.2. The first-order valence-corrected chi connectivity index (χ1v) is 6.10. The van der Waals surface area contributed by atoms with Gasteiger partial charge in [0.15, 0.2) is 0 Å². The van der Waals surface area contributed by atoms with Gasteiger partial charge in [0.05, 0.1) is 4.92 Å². The standard InChI is InChI=1S/C15H14N2O3/c1-10-3-6-12(7-4-10)15(18)16-13-8-5-11(2)14(9-13)17(19)20/h3-9H,1-2H3,(H,16,18). The van der Waals surface area contributed by atoms with Gasteiger partial charge in [0, 0.05) is 22.9 Å². The number of hydrogen-bond acceptors (Lipinski definition) is 3.